The number of nitrogens with two attached hydrogens (primary N) is 1. The Morgan fingerprint density at radius 3 is 2.43 bits per heavy atom. The summed E-state index contributed by atoms with van der Waals surface area (Å²) in [4.78, 5) is 12.5. The van der Waals surface area contributed by atoms with Crippen LogP contribution < -0.4 is 5.73 Å². The molecule has 1 aliphatic heterocycles. The van der Waals surface area contributed by atoms with Crippen LogP contribution in [0.25, 0.3) is 0 Å². The number of rotatable bonds is 2. The smallest absolute Gasteiger partial charge is 0.252 e. The maximum Gasteiger partial charge on any atom is 0.252 e. The van der Waals surface area contributed by atoms with Gasteiger partial charge in [0.1, 0.15) is 6.10 Å². The van der Waals surface area contributed by atoms with Crippen LogP contribution in [0.2, 0.25) is 0 Å². The van der Waals surface area contributed by atoms with Crippen molar-refractivity contribution in [2.24, 2.45) is 5.73 Å². The molecule has 0 aliphatic carbocycles. The zero-order chi connectivity index (χ0) is 10.8. The number of carbonyl (C=O) groups excluding carboxylic acids is 1. The normalized spacial score (nSPS) is 23.3. The van der Waals surface area contributed by atoms with Crippen molar-refractivity contribution in [3.05, 3.63) is 0 Å². The lowest BCUT2D eigenvalue weighted by atomic mass is 10.1. The number of hydrogen-bond acceptors (Lipinski definition) is 3. The van der Waals surface area contributed by atoms with Gasteiger partial charge in [-0.2, -0.15) is 0 Å². The summed E-state index contributed by atoms with van der Waals surface area (Å²) in [6, 6.07) is 0. The van der Waals surface area contributed by atoms with E-state index < -0.39 is 17.9 Å². The van der Waals surface area contributed by atoms with Gasteiger partial charge in [-0.3, -0.25) is 4.79 Å². The van der Waals surface area contributed by atoms with E-state index in [4.69, 9.17) is 10.8 Å². The summed E-state index contributed by atoms with van der Waals surface area (Å²) in [6.07, 6.45) is -1.94. The van der Waals surface area contributed by atoms with Crippen molar-refractivity contribution in [3.63, 3.8) is 0 Å². The van der Waals surface area contributed by atoms with E-state index in [1.165, 1.54) is 4.90 Å². The minimum Gasteiger partial charge on any atom is -0.382 e. The van der Waals surface area contributed by atoms with E-state index >= 15 is 0 Å². The highest BCUT2D eigenvalue weighted by molar-refractivity contribution is 5.81. The predicted octanol–water partition coefficient (Wildman–Crippen LogP) is -0.436. The number of hydrogen-bond donors (Lipinski definition) is 2. The molecule has 1 amide bonds. The lowest BCUT2D eigenvalue weighted by Crippen LogP contribution is -2.48. The molecule has 1 unspecified atom stereocenters. The summed E-state index contributed by atoms with van der Waals surface area (Å²) in [5.41, 5.74) is 5.09. The van der Waals surface area contributed by atoms with Crippen LogP contribution in [0.1, 0.15) is 12.8 Å². The topological polar surface area (TPSA) is 66.6 Å². The first-order valence-electron chi connectivity index (χ1n) is 4.51. The monoisotopic (exact) mass is 208 g/mol. The fourth-order valence-corrected chi connectivity index (χ4v) is 1.37. The molecule has 1 rings (SSSR count). The van der Waals surface area contributed by atoms with Gasteiger partial charge in [0.15, 0.2) is 0 Å². The fourth-order valence-electron chi connectivity index (χ4n) is 1.37. The van der Waals surface area contributed by atoms with Gasteiger partial charge in [-0.25, -0.2) is 8.78 Å². The summed E-state index contributed by atoms with van der Waals surface area (Å²) in [6.45, 7) is -0.197. The Hall–Kier alpha value is -0.750. The SMILES string of the molecule is NCC(O)C(=O)N1CCC(F)(F)CC1. The van der Waals surface area contributed by atoms with Crippen molar-refractivity contribution in [2.45, 2.75) is 24.9 Å². The number of carbonyl (C=O) groups is 1. The minimum absolute atomic E-state index is 0.0110. The van der Waals surface area contributed by atoms with Crippen molar-refractivity contribution >= 4 is 5.91 Å². The van der Waals surface area contributed by atoms with Crippen molar-refractivity contribution in [1.82, 2.24) is 4.90 Å². The predicted molar refractivity (Wildman–Crippen MR) is 45.8 cm³/mol. The largest absolute Gasteiger partial charge is 0.382 e. The zero-order valence-corrected chi connectivity index (χ0v) is 7.75. The lowest BCUT2D eigenvalue weighted by molar-refractivity contribution is -0.145. The molecule has 4 nitrogen and oxygen atoms in total. The third-order valence-electron chi connectivity index (χ3n) is 2.31. The maximum atomic E-state index is 12.7. The number of halogens is 2. The Morgan fingerprint density at radius 1 is 1.50 bits per heavy atom. The molecule has 14 heavy (non-hydrogen) atoms. The molecule has 82 valence electrons. The molecule has 6 heteroatoms. The zero-order valence-electron chi connectivity index (χ0n) is 7.75. The Kier molecular flexibility index (Phi) is 3.38. The first kappa shape index (κ1) is 11.3. The maximum absolute atomic E-state index is 12.7. The molecule has 0 aromatic carbocycles. The Labute approximate surface area is 80.7 Å². The first-order valence-corrected chi connectivity index (χ1v) is 4.51. The van der Waals surface area contributed by atoms with Crippen molar-refractivity contribution < 1.29 is 18.7 Å². The molecule has 0 radical (unpaired) electrons. The molecule has 0 saturated carbocycles. The van der Waals surface area contributed by atoms with Crippen LogP contribution in [-0.4, -0.2) is 47.6 Å². The molecule has 1 atom stereocenters. The first-order chi connectivity index (χ1) is 6.46. The van der Waals surface area contributed by atoms with Gasteiger partial charge < -0.3 is 15.7 Å². The van der Waals surface area contributed by atoms with E-state index in [0.29, 0.717) is 0 Å². The summed E-state index contributed by atoms with van der Waals surface area (Å²) in [5, 5.41) is 9.11. The molecule has 1 aliphatic rings. The van der Waals surface area contributed by atoms with Crippen molar-refractivity contribution in [3.8, 4) is 0 Å². The van der Waals surface area contributed by atoms with Crippen molar-refractivity contribution in [2.75, 3.05) is 19.6 Å². The number of aliphatic hydroxyl groups excluding tert-OH is 1. The molecule has 0 aromatic heterocycles. The Balaban J connectivity index is 2.46. The van der Waals surface area contributed by atoms with Crippen LogP contribution in [0.5, 0.6) is 0 Å². The molecule has 0 spiro atoms. The van der Waals surface area contributed by atoms with Crippen LogP contribution in [0.3, 0.4) is 0 Å². The van der Waals surface area contributed by atoms with Crippen LogP contribution >= 0.6 is 0 Å². The van der Waals surface area contributed by atoms with E-state index in [0.717, 1.165) is 0 Å². The quantitative estimate of drug-likeness (QED) is 0.646. The Bertz CT molecular complexity index is 213. The van der Waals surface area contributed by atoms with Crippen LogP contribution in [0, 0.1) is 0 Å². The second kappa shape index (κ2) is 4.18. The molecule has 1 heterocycles. The fraction of sp³-hybridized carbons (Fsp3) is 0.875. The van der Waals surface area contributed by atoms with Gasteiger partial charge in [0, 0.05) is 32.5 Å². The summed E-state index contributed by atoms with van der Waals surface area (Å²) in [7, 11) is 0. The van der Waals surface area contributed by atoms with Gasteiger partial charge in [-0.1, -0.05) is 0 Å². The summed E-state index contributed by atoms with van der Waals surface area (Å²) in [5.74, 6) is -3.23. The standard InChI is InChI=1S/C8H14F2N2O2/c9-8(10)1-3-12(4-2-8)7(14)6(13)5-11/h6,13H,1-5,11H2. The van der Waals surface area contributed by atoms with Gasteiger partial charge in [-0.05, 0) is 0 Å². The highest BCUT2D eigenvalue weighted by Crippen LogP contribution is 2.27. The summed E-state index contributed by atoms with van der Waals surface area (Å²) >= 11 is 0. The molecule has 1 fully saturated rings. The number of nitrogens with zero attached hydrogens (tertiary/aromatic N) is 1. The molecular weight excluding hydrogens is 194 g/mol. The number of alkyl halides is 2. The molecule has 1 saturated heterocycles. The third kappa shape index (κ3) is 2.62. The van der Waals surface area contributed by atoms with Gasteiger partial charge in [0.05, 0.1) is 0 Å². The number of likely N-dealkylation sites (tertiary alicyclic amines) is 1. The van der Waals surface area contributed by atoms with Gasteiger partial charge in [0.2, 0.25) is 0 Å². The number of amides is 1. The van der Waals surface area contributed by atoms with E-state index in [2.05, 4.69) is 0 Å². The van der Waals surface area contributed by atoms with E-state index in [-0.39, 0.29) is 32.5 Å². The third-order valence-corrected chi connectivity index (χ3v) is 2.31. The lowest BCUT2D eigenvalue weighted by Gasteiger charge is -2.32. The molecule has 0 bridgehead atoms. The minimum atomic E-state index is -2.68. The van der Waals surface area contributed by atoms with Gasteiger partial charge in [0.25, 0.3) is 11.8 Å². The average Bonchev–Trinajstić information content (AvgIpc) is 2.15. The van der Waals surface area contributed by atoms with Gasteiger partial charge in [-0.15, -0.1) is 0 Å². The van der Waals surface area contributed by atoms with E-state index in [1.807, 2.05) is 0 Å². The molecule has 3 N–H and O–H groups in total. The van der Waals surface area contributed by atoms with Crippen LogP contribution in [0.4, 0.5) is 8.78 Å². The van der Waals surface area contributed by atoms with E-state index in [9.17, 15) is 13.6 Å². The number of aliphatic hydroxyl groups is 1. The van der Waals surface area contributed by atoms with Crippen LogP contribution in [-0.2, 0) is 4.79 Å². The summed E-state index contributed by atoms with van der Waals surface area (Å²) < 4.78 is 25.4. The highest BCUT2D eigenvalue weighted by atomic mass is 19.3. The molecule has 0 aromatic rings. The van der Waals surface area contributed by atoms with E-state index in [1.54, 1.807) is 0 Å². The molecular formula is C8H14F2N2O2. The average molecular weight is 208 g/mol. The second-order valence-electron chi connectivity index (χ2n) is 3.43. The van der Waals surface area contributed by atoms with Crippen LogP contribution in [0.15, 0.2) is 0 Å². The Morgan fingerprint density at radius 2 is 2.00 bits per heavy atom. The van der Waals surface area contributed by atoms with Gasteiger partial charge >= 0.3 is 0 Å². The number of piperidine rings is 1. The highest BCUT2D eigenvalue weighted by Gasteiger charge is 2.36. The van der Waals surface area contributed by atoms with Crippen molar-refractivity contribution in [1.29, 1.82) is 0 Å². The second-order valence-corrected chi connectivity index (χ2v) is 3.43.